The number of carbonyl (C=O) groups excluding carboxylic acids is 3. The number of nitrogens with zero attached hydrogens (tertiary/aromatic N) is 2. The van der Waals surface area contributed by atoms with Crippen LogP contribution in [-0.4, -0.2) is 34.2 Å². The zero-order valence-electron chi connectivity index (χ0n) is 17.7. The van der Waals surface area contributed by atoms with Crippen LogP contribution in [0, 0.1) is 6.92 Å². The van der Waals surface area contributed by atoms with E-state index in [2.05, 4.69) is 10.4 Å². The zero-order valence-corrected chi connectivity index (χ0v) is 20.0. The molecule has 9 nitrogen and oxygen atoms in total. The van der Waals surface area contributed by atoms with Crippen LogP contribution >= 0.6 is 34.5 Å². The second-order valence-corrected chi connectivity index (χ2v) is 8.67. The summed E-state index contributed by atoms with van der Waals surface area (Å²) in [5.41, 5.74) is 5.92. The molecule has 3 aromatic rings. The minimum Gasteiger partial charge on any atom is -0.470 e. The van der Waals surface area contributed by atoms with Crippen molar-refractivity contribution < 1.29 is 23.9 Å². The van der Waals surface area contributed by atoms with Crippen LogP contribution in [0.15, 0.2) is 30.5 Å². The monoisotopic (exact) mass is 510 g/mol. The van der Waals surface area contributed by atoms with E-state index in [4.69, 9.17) is 38.4 Å². The lowest BCUT2D eigenvalue weighted by Gasteiger charge is -2.08. The Morgan fingerprint density at radius 2 is 2.00 bits per heavy atom. The third-order valence-electron chi connectivity index (χ3n) is 4.36. The van der Waals surface area contributed by atoms with Crippen LogP contribution in [0.25, 0.3) is 0 Å². The molecule has 0 saturated heterocycles. The second-order valence-electron chi connectivity index (χ2n) is 6.80. The van der Waals surface area contributed by atoms with E-state index in [1.165, 1.54) is 10.7 Å². The molecule has 0 aliphatic carbocycles. The Kier molecular flexibility index (Phi) is 7.96. The van der Waals surface area contributed by atoms with Crippen molar-refractivity contribution in [2.24, 2.45) is 5.73 Å². The van der Waals surface area contributed by atoms with Gasteiger partial charge in [0.1, 0.15) is 10.8 Å². The lowest BCUT2D eigenvalue weighted by Crippen LogP contribution is -2.16. The maximum absolute atomic E-state index is 12.7. The topological polar surface area (TPSA) is 126 Å². The molecule has 0 spiro atoms. The summed E-state index contributed by atoms with van der Waals surface area (Å²) in [6.07, 6.45) is 2.17. The standard InChI is InChI=1S/C21H20Cl2N4O5S/c1-3-8-31-21(30)16-11(2)17(18(24)28)33-20(16)25-19(29)14-6-7-27(26-14)10-32-15-5-4-12(22)9-13(15)23/h4-7,9H,3,8,10H2,1-2H3,(H2,24,28)(H,25,29). The van der Waals surface area contributed by atoms with Gasteiger partial charge in [-0.2, -0.15) is 5.10 Å². The molecule has 2 aromatic heterocycles. The first-order valence-corrected chi connectivity index (χ1v) is 11.3. The highest BCUT2D eigenvalue weighted by Crippen LogP contribution is 2.34. The third kappa shape index (κ3) is 5.84. The van der Waals surface area contributed by atoms with Gasteiger partial charge >= 0.3 is 5.97 Å². The number of nitrogens with one attached hydrogen (secondary N) is 1. The quantitative estimate of drug-likeness (QED) is 0.407. The van der Waals surface area contributed by atoms with Crippen LogP contribution in [-0.2, 0) is 11.5 Å². The number of hydrogen-bond acceptors (Lipinski definition) is 7. The number of benzene rings is 1. The minimum absolute atomic E-state index is 0.00679. The highest BCUT2D eigenvalue weighted by Gasteiger charge is 2.26. The van der Waals surface area contributed by atoms with Gasteiger partial charge in [-0.1, -0.05) is 30.1 Å². The van der Waals surface area contributed by atoms with Gasteiger partial charge in [0.15, 0.2) is 12.4 Å². The molecule has 1 aromatic carbocycles. The zero-order chi connectivity index (χ0) is 24.1. The van der Waals surface area contributed by atoms with Gasteiger partial charge < -0.3 is 20.5 Å². The number of rotatable bonds is 9. The Hall–Kier alpha value is -3.08. The van der Waals surface area contributed by atoms with E-state index in [9.17, 15) is 14.4 Å². The average molecular weight is 511 g/mol. The number of carbonyl (C=O) groups is 3. The lowest BCUT2D eigenvalue weighted by molar-refractivity contribution is 0.0506. The predicted octanol–water partition coefficient (Wildman–Crippen LogP) is 4.51. The summed E-state index contributed by atoms with van der Waals surface area (Å²) in [4.78, 5) is 37.1. The van der Waals surface area contributed by atoms with E-state index >= 15 is 0 Å². The van der Waals surface area contributed by atoms with E-state index in [1.54, 1.807) is 31.3 Å². The van der Waals surface area contributed by atoms with Gasteiger partial charge in [-0.05, 0) is 43.2 Å². The number of thiophene rings is 1. The molecule has 0 fully saturated rings. The van der Waals surface area contributed by atoms with Crippen LogP contribution in [0.4, 0.5) is 5.00 Å². The molecule has 0 radical (unpaired) electrons. The van der Waals surface area contributed by atoms with Gasteiger partial charge in [-0.3, -0.25) is 9.59 Å². The highest BCUT2D eigenvalue weighted by molar-refractivity contribution is 7.18. The van der Waals surface area contributed by atoms with Gasteiger partial charge in [-0.25, -0.2) is 9.48 Å². The maximum atomic E-state index is 12.7. The number of ether oxygens (including phenoxy) is 2. The second kappa shape index (κ2) is 10.7. The van der Waals surface area contributed by atoms with Crippen molar-refractivity contribution in [2.45, 2.75) is 27.0 Å². The summed E-state index contributed by atoms with van der Waals surface area (Å²) in [6.45, 7) is 3.62. The fourth-order valence-corrected chi connectivity index (χ4v) is 4.30. The number of halogens is 2. The normalized spacial score (nSPS) is 10.7. The fourth-order valence-electron chi connectivity index (χ4n) is 2.80. The van der Waals surface area contributed by atoms with Crippen molar-refractivity contribution in [2.75, 3.05) is 11.9 Å². The molecule has 2 amide bonds. The van der Waals surface area contributed by atoms with E-state index in [0.717, 1.165) is 11.3 Å². The summed E-state index contributed by atoms with van der Waals surface area (Å²) in [5.74, 6) is -1.53. The Balaban J connectivity index is 1.75. The number of primary amides is 1. The molecule has 0 bridgehead atoms. The molecule has 0 aliphatic heterocycles. The summed E-state index contributed by atoms with van der Waals surface area (Å²) in [5, 5.41) is 7.76. The number of anilines is 1. The Morgan fingerprint density at radius 1 is 1.24 bits per heavy atom. The van der Waals surface area contributed by atoms with Gasteiger partial charge in [-0.15, -0.1) is 11.3 Å². The molecule has 0 saturated carbocycles. The molecule has 0 aliphatic rings. The first kappa shape index (κ1) is 24.6. The number of aromatic nitrogens is 2. The molecule has 12 heteroatoms. The highest BCUT2D eigenvalue weighted by atomic mass is 35.5. The molecule has 3 rings (SSSR count). The van der Waals surface area contributed by atoms with Crippen LogP contribution in [0.1, 0.15) is 49.4 Å². The first-order valence-electron chi connectivity index (χ1n) is 9.74. The number of nitrogens with two attached hydrogens (primary N) is 1. The number of esters is 1. The largest absolute Gasteiger partial charge is 0.470 e. The fraction of sp³-hybridized carbons (Fsp3) is 0.238. The molecular weight excluding hydrogens is 491 g/mol. The Labute approximate surface area is 203 Å². The van der Waals surface area contributed by atoms with E-state index < -0.39 is 17.8 Å². The smallest absolute Gasteiger partial charge is 0.341 e. The average Bonchev–Trinajstić information content (AvgIpc) is 3.36. The summed E-state index contributed by atoms with van der Waals surface area (Å²) in [7, 11) is 0. The Bertz CT molecular complexity index is 1210. The third-order valence-corrected chi connectivity index (χ3v) is 6.11. The molecule has 0 unspecified atom stereocenters. The number of hydrogen-bond donors (Lipinski definition) is 2. The van der Waals surface area contributed by atoms with Crippen molar-refractivity contribution in [1.29, 1.82) is 0 Å². The van der Waals surface area contributed by atoms with Gasteiger partial charge in [0, 0.05) is 11.2 Å². The van der Waals surface area contributed by atoms with Crippen molar-refractivity contribution in [1.82, 2.24) is 9.78 Å². The van der Waals surface area contributed by atoms with Crippen molar-refractivity contribution >= 4 is 57.3 Å². The van der Waals surface area contributed by atoms with E-state index in [-0.39, 0.29) is 34.5 Å². The van der Waals surface area contributed by atoms with E-state index in [1.807, 2.05) is 6.92 Å². The van der Waals surface area contributed by atoms with E-state index in [0.29, 0.717) is 27.8 Å². The maximum Gasteiger partial charge on any atom is 0.341 e. The first-order chi connectivity index (χ1) is 15.7. The summed E-state index contributed by atoms with van der Waals surface area (Å²) >= 11 is 12.8. The molecule has 33 heavy (non-hydrogen) atoms. The van der Waals surface area contributed by atoms with Crippen LogP contribution in [0.5, 0.6) is 5.75 Å². The van der Waals surface area contributed by atoms with Gasteiger partial charge in [0.05, 0.1) is 22.1 Å². The predicted molar refractivity (Wildman–Crippen MR) is 125 cm³/mol. The SMILES string of the molecule is CCCOC(=O)c1c(NC(=O)c2ccn(COc3ccc(Cl)cc3Cl)n2)sc(C(N)=O)c1C. The van der Waals surface area contributed by atoms with Crippen LogP contribution < -0.4 is 15.8 Å². The molecular formula is C21H20Cl2N4O5S. The molecule has 2 heterocycles. The van der Waals surface area contributed by atoms with Crippen LogP contribution in [0.2, 0.25) is 10.0 Å². The van der Waals surface area contributed by atoms with Crippen molar-refractivity contribution in [3.05, 3.63) is 62.2 Å². The van der Waals surface area contributed by atoms with Gasteiger partial charge in [0.2, 0.25) is 0 Å². The van der Waals surface area contributed by atoms with Gasteiger partial charge in [0.25, 0.3) is 11.8 Å². The van der Waals surface area contributed by atoms with Crippen molar-refractivity contribution in [3.8, 4) is 5.75 Å². The minimum atomic E-state index is -0.704. The number of amides is 2. The molecule has 0 atom stereocenters. The molecule has 3 N–H and O–H groups in total. The lowest BCUT2D eigenvalue weighted by atomic mass is 10.1. The van der Waals surface area contributed by atoms with Crippen LogP contribution in [0.3, 0.4) is 0 Å². The molecule has 174 valence electrons. The summed E-state index contributed by atoms with van der Waals surface area (Å²) < 4.78 is 12.2. The van der Waals surface area contributed by atoms with Crippen molar-refractivity contribution in [3.63, 3.8) is 0 Å². The Morgan fingerprint density at radius 3 is 2.67 bits per heavy atom. The summed E-state index contributed by atoms with van der Waals surface area (Å²) in [6, 6.07) is 6.28.